The molecule has 2 heteroatoms. The first kappa shape index (κ1) is 11.2. The van der Waals surface area contributed by atoms with Gasteiger partial charge in [-0.25, -0.2) is 0 Å². The summed E-state index contributed by atoms with van der Waals surface area (Å²) in [5, 5.41) is 10.6. The second kappa shape index (κ2) is 4.67. The van der Waals surface area contributed by atoms with E-state index in [0.29, 0.717) is 0 Å². The zero-order valence-electron chi connectivity index (χ0n) is 9.84. The lowest BCUT2D eigenvalue weighted by Gasteiger charge is -2.34. The Balaban J connectivity index is 1.99. The third-order valence-corrected chi connectivity index (χ3v) is 3.87. The van der Waals surface area contributed by atoms with Crippen molar-refractivity contribution in [1.29, 1.82) is 0 Å². The largest absolute Gasteiger partial charge is 0.375 e. The predicted molar refractivity (Wildman–Crippen MR) is 62.6 cm³/mol. The van der Waals surface area contributed by atoms with E-state index in [1.54, 1.807) is 0 Å². The van der Waals surface area contributed by atoms with Crippen LogP contribution < -0.4 is 0 Å². The maximum absolute atomic E-state index is 10.6. The van der Waals surface area contributed by atoms with Crippen LogP contribution >= 0.6 is 0 Å². The molecule has 1 saturated heterocycles. The van der Waals surface area contributed by atoms with Crippen LogP contribution in [0.5, 0.6) is 0 Å². The van der Waals surface area contributed by atoms with Crippen LogP contribution in [0.25, 0.3) is 0 Å². The second-order valence-corrected chi connectivity index (χ2v) is 4.95. The average Bonchev–Trinajstić information content (AvgIpc) is 2.60. The number of hydrogen-bond donors (Lipinski definition) is 1. The Bertz CT molecular complexity index is 249. The van der Waals surface area contributed by atoms with Crippen molar-refractivity contribution in [1.82, 2.24) is 4.90 Å². The van der Waals surface area contributed by atoms with Gasteiger partial charge in [-0.15, -0.1) is 0 Å². The van der Waals surface area contributed by atoms with Crippen molar-refractivity contribution in [3.63, 3.8) is 0 Å². The van der Waals surface area contributed by atoms with Crippen LogP contribution in [0.1, 0.15) is 51.9 Å². The number of allylic oxidation sites excluding steroid dienone is 1. The van der Waals surface area contributed by atoms with Gasteiger partial charge in [0, 0.05) is 13.0 Å². The maximum atomic E-state index is 10.6. The molecule has 86 valence electrons. The van der Waals surface area contributed by atoms with E-state index in [2.05, 4.69) is 17.9 Å². The maximum Gasteiger partial charge on any atom is 0.122 e. The number of nitrogens with zero attached hydrogens (tertiary/aromatic N) is 1. The van der Waals surface area contributed by atoms with Gasteiger partial charge in [0.1, 0.15) is 5.72 Å². The third-order valence-electron chi connectivity index (χ3n) is 3.87. The van der Waals surface area contributed by atoms with E-state index in [4.69, 9.17) is 0 Å². The minimum Gasteiger partial charge on any atom is -0.375 e. The van der Waals surface area contributed by atoms with Crippen molar-refractivity contribution in [3.05, 3.63) is 11.6 Å². The molecule has 2 rings (SSSR count). The minimum atomic E-state index is -0.516. The predicted octanol–water partition coefficient (Wildman–Crippen LogP) is 2.68. The van der Waals surface area contributed by atoms with Crippen LogP contribution in [0.4, 0.5) is 0 Å². The van der Waals surface area contributed by atoms with E-state index in [-0.39, 0.29) is 0 Å². The van der Waals surface area contributed by atoms with Gasteiger partial charge in [-0.3, -0.25) is 4.90 Å². The number of aliphatic hydroxyl groups is 1. The summed E-state index contributed by atoms with van der Waals surface area (Å²) < 4.78 is 0. The molecule has 2 aliphatic rings. The van der Waals surface area contributed by atoms with Gasteiger partial charge in [0.25, 0.3) is 0 Å². The average molecular weight is 209 g/mol. The molecule has 0 aromatic heterocycles. The second-order valence-electron chi connectivity index (χ2n) is 4.95. The van der Waals surface area contributed by atoms with Crippen LogP contribution in [-0.4, -0.2) is 28.8 Å². The van der Waals surface area contributed by atoms with Crippen molar-refractivity contribution in [2.24, 2.45) is 0 Å². The summed E-state index contributed by atoms with van der Waals surface area (Å²) in [5.74, 6) is 0. The van der Waals surface area contributed by atoms with Gasteiger partial charge in [-0.2, -0.15) is 0 Å². The summed E-state index contributed by atoms with van der Waals surface area (Å²) in [5.41, 5.74) is 0.974. The van der Waals surface area contributed by atoms with E-state index in [1.165, 1.54) is 31.3 Å². The molecule has 1 fully saturated rings. The molecule has 2 nitrogen and oxygen atoms in total. The molecule has 0 spiro atoms. The summed E-state index contributed by atoms with van der Waals surface area (Å²) in [7, 11) is 0. The summed E-state index contributed by atoms with van der Waals surface area (Å²) in [6, 6.07) is 0. The first-order chi connectivity index (χ1) is 7.24. The highest BCUT2D eigenvalue weighted by Crippen LogP contribution is 2.34. The first-order valence-corrected chi connectivity index (χ1v) is 6.40. The molecule has 15 heavy (non-hydrogen) atoms. The minimum absolute atomic E-state index is 0.516. The van der Waals surface area contributed by atoms with Crippen molar-refractivity contribution in [3.8, 4) is 0 Å². The van der Waals surface area contributed by atoms with Crippen molar-refractivity contribution < 1.29 is 5.11 Å². The van der Waals surface area contributed by atoms with Crippen LogP contribution in [0.15, 0.2) is 11.6 Å². The standard InChI is InChI=1S/C13H23NO/c1-2-14-10-6-9-13(14,15)11-12-7-4-3-5-8-12/h7,15H,2-6,8-11H2,1H3. The number of rotatable bonds is 3. The Morgan fingerprint density at radius 2 is 2.27 bits per heavy atom. The molecule has 0 saturated carbocycles. The normalized spacial score (nSPS) is 33.1. The molecule has 1 aliphatic heterocycles. The lowest BCUT2D eigenvalue weighted by atomic mass is 9.91. The van der Waals surface area contributed by atoms with E-state index in [9.17, 15) is 5.11 Å². The van der Waals surface area contributed by atoms with Crippen LogP contribution in [0.2, 0.25) is 0 Å². The van der Waals surface area contributed by atoms with Gasteiger partial charge in [-0.05, 0) is 45.1 Å². The van der Waals surface area contributed by atoms with Gasteiger partial charge < -0.3 is 5.11 Å². The Morgan fingerprint density at radius 3 is 2.93 bits per heavy atom. The zero-order valence-corrected chi connectivity index (χ0v) is 9.84. The fourth-order valence-corrected chi connectivity index (χ4v) is 3.00. The van der Waals surface area contributed by atoms with Crippen molar-refractivity contribution >= 4 is 0 Å². The Kier molecular flexibility index (Phi) is 3.47. The smallest absolute Gasteiger partial charge is 0.122 e. The van der Waals surface area contributed by atoms with Gasteiger partial charge >= 0.3 is 0 Å². The molecule has 1 heterocycles. The molecule has 0 aromatic rings. The molecule has 0 aromatic carbocycles. The lowest BCUT2D eigenvalue weighted by molar-refractivity contribution is -0.0777. The summed E-state index contributed by atoms with van der Waals surface area (Å²) in [6.45, 7) is 4.19. The van der Waals surface area contributed by atoms with Gasteiger partial charge in [0.2, 0.25) is 0 Å². The molecule has 0 bridgehead atoms. The van der Waals surface area contributed by atoms with Crippen LogP contribution in [-0.2, 0) is 0 Å². The van der Waals surface area contributed by atoms with E-state index in [0.717, 1.165) is 32.4 Å². The SMILES string of the molecule is CCN1CCCC1(O)CC1=CCCCC1. The monoisotopic (exact) mass is 209 g/mol. The van der Waals surface area contributed by atoms with Crippen molar-refractivity contribution in [2.45, 2.75) is 57.6 Å². The topological polar surface area (TPSA) is 23.5 Å². The highest BCUT2D eigenvalue weighted by Gasteiger charge is 2.38. The molecular formula is C13H23NO. The molecule has 1 atom stereocenters. The molecule has 0 radical (unpaired) electrons. The molecule has 1 N–H and O–H groups in total. The van der Waals surface area contributed by atoms with Crippen LogP contribution in [0.3, 0.4) is 0 Å². The quantitative estimate of drug-likeness (QED) is 0.722. The Labute approximate surface area is 93.0 Å². The Morgan fingerprint density at radius 1 is 1.40 bits per heavy atom. The van der Waals surface area contributed by atoms with Gasteiger partial charge in [0.15, 0.2) is 0 Å². The molecular weight excluding hydrogens is 186 g/mol. The van der Waals surface area contributed by atoms with Gasteiger partial charge in [0.05, 0.1) is 0 Å². The lowest BCUT2D eigenvalue weighted by Crippen LogP contribution is -2.43. The number of hydrogen-bond acceptors (Lipinski definition) is 2. The van der Waals surface area contributed by atoms with Crippen molar-refractivity contribution in [2.75, 3.05) is 13.1 Å². The summed E-state index contributed by atoms with van der Waals surface area (Å²) >= 11 is 0. The van der Waals surface area contributed by atoms with E-state index in [1.807, 2.05) is 0 Å². The number of likely N-dealkylation sites (tertiary alicyclic amines) is 1. The van der Waals surface area contributed by atoms with Gasteiger partial charge in [-0.1, -0.05) is 18.6 Å². The molecule has 0 amide bonds. The highest BCUT2D eigenvalue weighted by atomic mass is 16.3. The van der Waals surface area contributed by atoms with E-state index < -0.39 is 5.72 Å². The third kappa shape index (κ3) is 2.43. The van der Waals surface area contributed by atoms with E-state index >= 15 is 0 Å². The molecule has 1 unspecified atom stereocenters. The summed E-state index contributed by atoms with van der Waals surface area (Å²) in [4.78, 5) is 2.24. The molecule has 1 aliphatic carbocycles. The first-order valence-electron chi connectivity index (χ1n) is 6.40. The fraction of sp³-hybridized carbons (Fsp3) is 0.846. The van der Waals surface area contributed by atoms with Crippen LogP contribution in [0, 0.1) is 0 Å². The fourth-order valence-electron chi connectivity index (χ4n) is 3.00. The Hall–Kier alpha value is -0.340. The summed E-state index contributed by atoms with van der Waals surface area (Å²) in [6.07, 6.45) is 10.4. The highest BCUT2D eigenvalue weighted by molar-refractivity contribution is 5.09. The zero-order chi connectivity index (χ0) is 10.7.